The number of anilines is 1. The molecule has 0 aliphatic carbocycles. The maximum Gasteiger partial charge on any atom is 0.231 e. The third-order valence-corrected chi connectivity index (χ3v) is 4.01. The van der Waals surface area contributed by atoms with Crippen molar-refractivity contribution in [2.24, 2.45) is 5.92 Å². The first kappa shape index (κ1) is 13.4. The van der Waals surface area contributed by atoms with E-state index in [2.05, 4.69) is 27.9 Å². The summed E-state index contributed by atoms with van der Waals surface area (Å²) in [6.45, 7) is 0.437. The minimum absolute atomic E-state index is 0.0153. The monoisotopic (exact) mass is 379 g/mol. The predicted molar refractivity (Wildman–Crippen MR) is 86.9 cm³/mol. The highest BCUT2D eigenvalue weighted by Gasteiger charge is 2.25. The second kappa shape index (κ2) is 5.83. The molecule has 1 heterocycles. The molecule has 1 amide bonds. The number of hydrogen-bond acceptors (Lipinski definition) is 2. The fourth-order valence-corrected chi connectivity index (χ4v) is 2.85. The van der Waals surface area contributed by atoms with E-state index in [-0.39, 0.29) is 11.8 Å². The summed E-state index contributed by atoms with van der Waals surface area (Å²) >= 11 is 2.23. The Kier molecular flexibility index (Phi) is 3.91. The van der Waals surface area contributed by atoms with E-state index in [0.29, 0.717) is 6.61 Å². The van der Waals surface area contributed by atoms with Crippen molar-refractivity contribution in [2.45, 2.75) is 6.42 Å². The van der Waals surface area contributed by atoms with Gasteiger partial charge in [0.1, 0.15) is 12.4 Å². The number of nitrogens with one attached hydrogen (secondary N) is 1. The van der Waals surface area contributed by atoms with Gasteiger partial charge in [0, 0.05) is 9.26 Å². The van der Waals surface area contributed by atoms with Crippen molar-refractivity contribution in [3.05, 3.63) is 57.7 Å². The smallest absolute Gasteiger partial charge is 0.231 e. The van der Waals surface area contributed by atoms with Crippen LogP contribution in [-0.4, -0.2) is 12.5 Å². The summed E-state index contributed by atoms with van der Waals surface area (Å²) < 4.78 is 6.76. The molecular formula is C16H14INO2. The van der Waals surface area contributed by atoms with E-state index >= 15 is 0 Å². The van der Waals surface area contributed by atoms with E-state index in [1.807, 2.05) is 48.5 Å². The van der Waals surface area contributed by atoms with Gasteiger partial charge in [0.15, 0.2) is 0 Å². The van der Waals surface area contributed by atoms with Gasteiger partial charge in [0.05, 0.1) is 5.92 Å². The van der Waals surface area contributed by atoms with E-state index in [0.717, 1.165) is 27.0 Å². The normalized spacial score (nSPS) is 16.9. The lowest BCUT2D eigenvalue weighted by atomic mass is 9.96. The Morgan fingerprint density at radius 3 is 2.90 bits per heavy atom. The van der Waals surface area contributed by atoms with Gasteiger partial charge in [-0.05, 0) is 58.8 Å². The Hall–Kier alpha value is -1.56. The summed E-state index contributed by atoms with van der Waals surface area (Å²) in [6.07, 6.45) is 0.728. The Morgan fingerprint density at radius 1 is 1.20 bits per heavy atom. The predicted octanol–water partition coefficient (Wildman–Crippen LogP) is 3.48. The minimum atomic E-state index is -0.136. The zero-order valence-corrected chi connectivity index (χ0v) is 13.0. The van der Waals surface area contributed by atoms with Gasteiger partial charge in [-0.1, -0.05) is 24.3 Å². The van der Waals surface area contributed by atoms with Gasteiger partial charge < -0.3 is 10.1 Å². The number of fused-ring (bicyclic) bond motifs is 1. The zero-order valence-electron chi connectivity index (χ0n) is 10.8. The summed E-state index contributed by atoms with van der Waals surface area (Å²) in [4.78, 5) is 12.3. The number of carbonyl (C=O) groups excluding carboxylic acids is 1. The number of carbonyl (C=O) groups is 1. The average molecular weight is 379 g/mol. The summed E-state index contributed by atoms with van der Waals surface area (Å²) in [7, 11) is 0. The number of ether oxygens (including phenoxy) is 1. The highest BCUT2D eigenvalue weighted by atomic mass is 127. The second-order valence-electron chi connectivity index (χ2n) is 4.82. The van der Waals surface area contributed by atoms with E-state index in [9.17, 15) is 4.79 Å². The molecule has 0 saturated heterocycles. The Bertz CT molecular complexity index is 642. The molecule has 0 aromatic heterocycles. The quantitative estimate of drug-likeness (QED) is 0.812. The van der Waals surface area contributed by atoms with Crippen LogP contribution in [0.2, 0.25) is 0 Å². The van der Waals surface area contributed by atoms with E-state index in [1.165, 1.54) is 0 Å². The first-order valence-electron chi connectivity index (χ1n) is 6.49. The average Bonchev–Trinajstić information content (AvgIpc) is 2.47. The summed E-state index contributed by atoms with van der Waals surface area (Å²) in [5, 5.41) is 2.96. The van der Waals surface area contributed by atoms with Crippen molar-refractivity contribution >= 4 is 34.2 Å². The lowest BCUT2D eigenvalue weighted by Gasteiger charge is -2.24. The SMILES string of the molecule is O=C(Nc1cccc(I)c1)[C@@H]1COc2ccccc2C1. The second-order valence-corrected chi connectivity index (χ2v) is 6.07. The largest absolute Gasteiger partial charge is 0.492 e. The van der Waals surface area contributed by atoms with Gasteiger partial charge in [-0.2, -0.15) is 0 Å². The fourth-order valence-electron chi connectivity index (χ4n) is 2.31. The topological polar surface area (TPSA) is 38.3 Å². The minimum Gasteiger partial charge on any atom is -0.492 e. The Labute approximate surface area is 131 Å². The molecule has 3 rings (SSSR count). The van der Waals surface area contributed by atoms with Crippen LogP contribution in [0.1, 0.15) is 5.56 Å². The molecule has 1 aliphatic rings. The molecule has 2 aromatic carbocycles. The van der Waals surface area contributed by atoms with Crippen molar-refractivity contribution in [2.75, 3.05) is 11.9 Å². The molecule has 3 nitrogen and oxygen atoms in total. The van der Waals surface area contributed by atoms with Crippen LogP contribution < -0.4 is 10.1 Å². The van der Waals surface area contributed by atoms with Crippen LogP contribution in [0.25, 0.3) is 0 Å². The molecule has 2 aromatic rings. The number of benzene rings is 2. The first-order chi connectivity index (χ1) is 9.72. The van der Waals surface area contributed by atoms with Gasteiger partial charge in [0.25, 0.3) is 0 Å². The maximum atomic E-state index is 12.3. The van der Waals surface area contributed by atoms with Crippen LogP contribution in [0, 0.1) is 9.49 Å². The molecule has 0 bridgehead atoms. The zero-order chi connectivity index (χ0) is 13.9. The molecule has 0 radical (unpaired) electrons. The van der Waals surface area contributed by atoms with Crippen molar-refractivity contribution in [1.29, 1.82) is 0 Å². The Morgan fingerprint density at radius 2 is 2.05 bits per heavy atom. The van der Waals surface area contributed by atoms with Crippen molar-refractivity contribution < 1.29 is 9.53 Å². The van der Waals surface area contributed by atoms with Crippen LogP contribution in [0.3, 0.4) is 0 Å². The molecule has 1 atom stereocenters. The molecule has 1 N–H and O–H groups in total. The van der Waals surface area contributed by atoms with Crippen LogP contribution >= 0.6 is 22.6 Å². The summed E-state index contributed by atoms with van der Waals surface area (Å²) in [5.41, 5.74) is 1.93. The summed E-state index contributed by atoms with van der Waals surface area (Å²) in [5.74, 6) is 0.773. The van der Waals surface area contributed by atoms with Gasteiger partial charge in [0.2, 0.25) is 5.91 Å². The Balaban J connectivity index is 1.70. The molecule has 1 aliphatic heterocycles. The highest BCUT2D eigenvalue weighted by Crippen LogP contribution is 2.27. The highest BCUT2D eigenvalue weighted by molar-refractivity contribution is 14.1. The number of halogens is 1. The van der Waals surface area contributed by atoms with Crippen molar-refractivity contribution in [3.8, 4) is 5.75 Å². The van der Waals surface area contributed by atoms with E-state index in [4.69, 9.17) is 4.74 Å². The maximum absolute atomic E-state index is 12.3. The number of amides is 1. The lowest BCUT2D eigenvalue weighted by molar-refractivity contribution is -0.121. The first-order valence-corrected chi connectivity index (χ1v) is 7.57. The molecule has 0 spiro atoms. The van der Waals surface area contributed by atoms with Gasteiger partial charge in [-0.15, -0.1) is 0 Å². The number of rotatable bonds is 2. The van der Waals surface area contributed by atoms with Crippen LogP contribution in [0.15, 0.2) is 48.5 Å². The molecule has 0 unspecified atom stereocenters. The van der Waals surface area contributed by atoms with Gasteiger partial charge >= 0.3 is 0 Å². The molecule has 102 valence electrons. The summed E-state index contributed by atoms with van der Waals surface area (Å²) in [6, 6.07) is 15.7. The lowest BCUT2D eigenvalue weighted by Crippen LogP contribution is -2.32. The van der Waals surface area contributed by atoms with Crippen LogP contribution in [0.5, 0.6) is 5.75 Å². The third-order valence-electron chi connectivity index (χ3n) is 3.34. The van der Waals surface area contributed by atoms with Crippen molar-refractivity contribution in [1.82, 2.24) is 0 Å². The van der Waals surface area contributed by atoms with Gasteiger partial charge in [-0.3, -0.25) is 4.79 Å². The van der Waals surface area contributed by atoms with Crippen LogP contribution in [0.4, 0.5) is 5.69 Å². The number of para-hydroxylation sites is 1. The molecular weight excluding hydrogens is 365 g/mol. The van der Waals surface area contributed by atoms with E-state index in [1.54, 1.807) is 0 Å². The molecule has 0 fully saturated rings. The van der Waals surface area contributed by atoms with Crippen molar-refractivity contribution in [3.63, 3.8) is 0 Å². The number of hydrogen-bond donors (Lipinski definition) is 1. The van der Waals surface area contributed by atoms with Gasteiger partial charge in [-0.25, -0.2) is 0 Å². The molecule has 4 heteroatoms. The molecule has 0 saturated carbocycles. The standard InChI is InChI=1S/C16H14INO2/c17-13-5-3-6-14(9-13)18-16(19)12-8-11-4-1-2-7-15(11)20-10-12/h1-7,9,12H,8,10H2,(H,18,19)/t12-/m0/s1. The molecule has 20 heavy (non-hydrogen) atoms. The van der Waals surface area contributed by atoms with E-state index < -0.39 is 0 Å². The fraction of sp³-hybridized carbons (Fsp3) is 0.188. The third kappa shape index (κ3) is 2.95. The van der Waals surface area contributed by atoms with Crippen LogP contribution in [-0.2, 0) is 11.2 Å².